The van der Waals surface area contributed by atoms with E-state index in [0.29, 0.717) is 11.1 Å². The van der Waals surface area contributed by atoms with Crippen molar-refractivity contribution in [2.75, 3.05) is 19.6 Å². The maximum Gasteiger partial charge on any atom is 0.0468 e. The summed E-state index contributed by atoms with van der Waals surface area (Å²) in [4.78, 5) is 2.50. The molecule has 0 amide bonds. The summed E-state index contributed by atoms with van der Waals surface area (Å²) in [5.41, 5.74) is 1.30. The summed E-state index contributed by atoms with van der Waals surface area (Å²) in [6, 6.07) is 6.10. The second-order valence-electron chi connectivity index (χ2n) is 5.98. The van der Waals surface area contributed by atoms with Crippen LogP contribution in [0.25, 0.3) is 0 Å². The first kappa shape index (κ1) is 15.1. The van der Waals surface area contributed by atoms with Gasteiger partial charge in [0.15, 0.2) is 0 Å². The highest BCUT2D eigenvalue weighted by Gasteiger charge is 2.28. The van der Waals surface area contributed by atoms with Crippen LogP contribution < -0.4 is 5.32 Å². The van der Waals surface area contributed by atoms with Crippen LogP contribution in [0, 0.1) is 0 Å². The van der Waals surface area contributed by atoms with Crippen molar-refractivity contribution in [2.24, 2.45) is 0 Å². The van der Waals surface area contributed by atoms with Gasteiger partial charge in [0.05, 0.1) is 0 Å². The number of benzene rings is 1. The van der Waals surface area contributed by atoms with Gasteiger partial charge in [-0.25, -0.2) is 0 Å². The van der Waals surface area contributed by atoms with Gasteiger partial charge in [0.25, 0.3) is 0 Å². The van der Waals surface area contributed by atoms with Gasteiger partial charge in [-0.15, -0.1) is 0 Å². The van der Waals surface area contributed by atoms with E-state index in [4.69, 9.17) is 23.2 Å². The van der Waals surface area contributed by atoms with Gasteiger partial charge in [0.2, 0.25) is 0 Å². The molecule has 1 aliphatic heterocycles. The molecule has 2 nitrogen and oxygen atoms in total. The van der Waals surface area contributed by atoms with Crippen molar-refractivity contribution in [3.8, 4) is 0 Å². The topological polar surface area (TPSA) is 15.3 Å². The molecule has 1 unspecified atom stereocenters. The Morgan fingerprint density at radius 1 is 1.32 bits per heavy atom. The summed E-state index contributed by atoms with van der Waals surface area (Å²) in [5, 5.41) is 5.04. The first-order chi connectivity index (χ1) is 8.89. The smallest absolute Gasteiger partial charge is 0.0468 e. The molecular formula is C15H22Cl2N2. The molecule has 0 aromatic heterocycles. The number of hydrogen-bond donors (Lipinski definition) is 1. The molecule has 4 heteroatoms. The molecular weight excluding hydrogens is 279 g/mol. The molecule has 2 rings (SSSR count). The maximum atomic E-state index is 6.33. The van der Waals surface area contributed by atoms with Crippen LogP contribution in [0.5, 0.6) is 0 Å². The second kappa shape index (κ2) is 6.01. The van der Waals surface area contributed by atoms with Crippen molar-refractivity contribution >= 4 is 23.2 Å². The van der Waals surface area contributed by atoms with Crippen LogP contribution in [0.3, 0.4) is 0 Å². The Bertz CT molecular complexity index is 446. The SMILES string of the molecule is CC(c1ccc(Cl)cc1Cl)N1CCCNC(C)(C)C1. The van der Waals surface area contributed by atoms with Crippen molar-refractivity contribution in [2.45, 2.75) is 38.8 Å². The number of nitrogens with zero attached hydrogens (tertiary/aromatic N) is 1. The first-order valence-electron chi connectivity index (χ1n) is 6.83. The molecule has 106 valence electrons. The third-order valence-corrected chi connectivity index (χ3v) is 4.35. The van der Waals surface area contributed by atoms with Gasteiger partial charge in [-0.3, -0.25) is 4.90 Å². The van der Waals surface area contributed by atoms with Gasteiger partial charge in [0, 0.05) is 34.7 Å². The minimum absolute atomic E-state index is 0.143. The Kier molecular flexibility index (Phi) is 4.78. The van der Waals surface area contributed by atoms with Crippen LogP contribution in [0.4, 0.5) is 0 Å². The van der Waals surface area contributed by atoms with E-state index < -0.39 is 0 Å². The molecule has 0 saturated carbocycles. The van der Waals surface area contributed by atoms with Crippen LogP contribution in [-0.4, -0.2) is 30.1 Å². The first-order valence-corrected chi connectivity index (χ1v) is 7.59. The van der Waals surface area contributed by atoms with Gasteiger partial charge in [-0.05, 0) is 51.4 Å². The monoisotopic (exact) mass is 300 g/mol. The highest BCUT2D eigenvalue weighted by molar-refractivity contribution is 6.35. The molecule has 1 N–H and O–H groups in total. The van der Waals surface area contributed by atoms with E-state index in [2.05, 4.69) is 31.0 Å². The molecule has 1 saturated heterocycles. The van der Waals surface area contributed by atoms with Gasteiger partial charge in [-0.2, -0.15) is 0 Å². The number of nitrogens with one attached hydrogen (secondary N) is 1. The zero-order valence-corrected chi connectivity index (χ0v) is 13.4. The molecule has 0 bridgehead atoms. The van der Waals surface area contributed by atoms with Crippen molar-refractivity contribution in [1.82, 2.24) is 10.2 Å². The lowest BCUT2D eigenvalue weighted by Crippen LogP contribution is -2.46. The van der Waals surface area contributed by atoms with Crippen molar-refractivity contribution < 1.29 is 0 Å². The molecule has 19 heavy (non-hydrogen) atoms. The van der Waals surface area contributed by atoms with Crippen LogP contribution in [-0.2, 0) is 0 Å². The predicted molar refractivity (Wildman–Crippen MR) is 83.1 cm³/mol. The molecule has 1 aromatic carbocycles. The number of halogens is 2. The molecule has 1 atom stereocenters. The minimum Gasteiger partial charge on any atom is -0.310 e. The van der Waals surface area contributed by atoms with Gasteiger partial charge in [-0.1, -0.05) is 29.3 Å². The molecule has 1 aromatic rings. The summed E-state index contributed by atoms with van der Waals surface area (Å²) < 4.78 is 0. The summed E-state index contributed by atoms with van der Waals surface area (Å²) >= 11 is 12.3. The molecule has 1 heterocycles. The number of hydrogen-bond acceptors (Lipinski definition) is 2. The van der Waals surface area contributed by atoms with E-state index in [9.17, 15) is 0 Å². The summed E-state index contributed by atoms with van der Waals surface area (Å²) in [5.74, 6) is 0. The predicted octanol–water partition coefficient (Wildman–Crippen LogP) is 4.13. The summed E-state index contributed by atoms with van der Waals surface area (Å²) in [6.45, 7) is 9.91. The van der Waals surface area contributed by atoms with E-state index in [1.54, 1.807) is 0 Å². The minimum atomic E-state index is 0.143. The van der Waals surface area contributed by atoms with Crippen molar-refractivity contribution in [3.05, 3.63) is 33.8 Å². The fourth-order valence-corrected chi connectivity index (χ4v) is 3.29. The van der Waals surface area contributed by atoms with E-state index >= 15 is 0 Å². The highest BCUT2D eigenvalue weighted by Crippen LogP contribution is 2.31. The Balaban J connectivity index is 2.20. The fourth-order valence-electron chi connectivity index (χ4n) is 2.72. The van der Waals surface area contributed by atoms with Gasteiger partial charge < -0.3 is 5.32 Å². The lowest BCUT2D eigenvalue weighted by Gasteiger charge is -2.34. The Labute approximate surface area is 126 Å². The van der Waals surface area contributed by atoms with Crippen LogP contribution in [0.1, 0.15) is 38.8 Å². The average molecular weight is 301 g/mol. The van der Waals surface area contributed by atoms with Crippen molar-refractivity contribution in [3.63, 3.8) is 0 Å². The van der Waals surface area contributed by atoms with Crippen molar-refractivity contribution in [1.29, 1.82) is 0 Å². The Morgan fingerprint density at radius 2 is 2.05 bits per heavy atom. The van der Waals surface area contributed by atoms with Crippen LogP contribution in [0.15, 0.2) is 18.2 Å². The van der Waals surface area contributed by atoms with E-state index in [0.717, 1.165) is 30.2 Å². The normalized spacial score (nSPS) is 21.9. The molecule has 1 aliphatic rings. The molecule has 0 aliphatic carbocycles. The molecule has 0 radical (unpaired) electrons. The fraction of sp³-hybridized carbons (Fsp3) is 0.600. The van der Waals surface area contributed by atoms with E-state index in [-0.39, 0.29) is 5.54 Å². The standard InChI is InChI=1S/C15H22Cl2N2/c1-11(13-6-5-12(16)9-14(13)17)19-8-4-7-18-15(2,3)10-19/h5-6,9,11,18H,4,7-8,10H2,1-3H3. The highest BCUT2D eigenvalue weighted by atomic mass is 35.5. The van der Waals surface area contributed by atoms with E-state index in [1.165, 1.54) is 6.42 Å². The summed E-state index contributed by atoms with van der Waals surface area (Å²) in [6.07, 6.45) is 1.17. The number of rotatable bonds is 2. The zero-order chi connectivity index (χ0) is 14.0. The lowest BCUT2D eigenvalue weighted by atomic mass is 10.0. The summed E-state index contributed by atoms with van der Waals surface area (Å²) in [7, 11) is 0. The molecule has 1 fully saturated rings. The lowest BCUT2D eigenvalue weighted by molar-refractivity contribution is 0.180. The largest absolute Gasteiger partial charge is 0.310 e. The van der Waals surface area contributed by atoms with Crippen LogP contribution in [0.2, 0.25) is 10.0 Å². The molecule has 0 spiro atoms. The van der Waals surface area contributed by atoms with Crippen LogP contribution >= 0.6 is 23.2 Å². The Morgan fingerprint density at radius 3 is 2.74 bits per heavy atom. The quantitative estimate of drug-likeness (QED) is 0.883. The van der Waals surface area contributed by atoms with Gasteiger partial charge >= 0.3 is 0 Å². The van der Waals surface area contributed by atoms with E-state index in [1.807, 2.05) is 18.2 Å². The van der Waals surface area contributed by atoms with Gasteiger partial charge in [0.1, 0.15) is 0 Å². The third kappa shape index (κ3) is 3.85. The average Bonchev–Trinajstić information content (AvgIpc) is 2.49. The Hall–Kier alpha value is -0.280. The maximum absolute atomic E-state index is 6.33. The zero-order valence-electron chi connectivity index (χ0n) is 11.8. The second-order valence-corrected chi connectivity index (χ2v) is 6.82. The third-order valence-electron chi connectivity index (χ3n) is 3.78.